The molecule has 0 unspecified atom stereocenters. The molecule has 0 aliphatic heterocycles. The predicted octanol–water partition coefficient (Wildman–Crippen LogP) is 5.01. The van der Waals surface area contributed by atoms with E-state index in [4.69, 9.17) is 16.3 Å². The van der Waals surface area contributed by atoms with Gasteiger partial charge in [0.05, 0.1) is 38.7 Å². The number of benzene rings is 1. The number of fused-ring (bicyclic) bond motifs is 1. The lowest BCUT2D eigenvalue weighted by molar-refractivity contribution is -0.144. The van der Waals surface area contributed by atoms with Crippen molar-refractivity contribution in [2.45, 2.75) is 20.0 Å². The first-order valence-corrected chi connectivity index (χ1v) is 10.3. The van der Waals surface area contributed by atoms with Crippen LogP contribution in [0.4, 0.5) is 0 Å². The summed E-state index contributed by atoms with van der Waals surface area (Å²) < 4.78 is 8.13. The zero-order valence-electron chi connectivity index (χ0n) is 14.7. The van der Waals surface area contributed by atoms with Gasteiger partial charge in [-0.3, -0.25) is 4.79 Å². The Morgan fingerprint density at radius 2 is 2.11 bits per heavy atom. The SMILES string of the molecule is Cc1nc(-c2ccc(Cl)s2)sc1CC(=O)OCc1ccc2c(c1)ncn2C. The van der Waals surface area contributed by atoms with E-state index >= 15 is 0 Å². The van der Waals surface area contributed by atoms with E-state index in [9.17, 15) is 4.79 Å². The van der Waals surface area contributed by atoms with E-state index in [2.05, 4.69) is 9.97 Å². The minimum Gasteiger partial charge on any atom is -0.461 e. The van der Waals surface area contributed by atoms with Gasteiger partial charge in [0, 0.05) is 11.9 Å². The molecule has 0 spiro atoms. The van der Waals surface area contributed by atoms with E-state index in [0.29, 0.717) is 0 Å². The van der Waals surface area contributed by atoms with Gasteiger partial charge in [-0.15, -0.1) is 22.7 Å². The van der Waals surface area contributed by atoms with Crippen LogP contribution in [0.2, 0.25) is 4.34 Å². The van der Waals surface area contributed by atoms with Crippen molar-refractivity contribution < 1.29 is 9.53 Å². The summed E-state index contributed by atoms with van der Waals surface area (Å²) in [7, 11) is 1.95. The van der Waals surface area contributed by atoms with Gasteiger partial charge in [0.1, 0.15) is 11.6 Å². The number of thiazole rings is 1. The second kappa shape index (κ2) is 7.42. The first-order chi connectivity index (χ1) is 13.0. The molecule has 0 amide bonds. The number of halogens is 1. The average Bonchev–Trinajstić information content (AvgIpc) is 3.33. The van der Waals surface area contributed by atoms with Crippen LogP contribution in [-0.2, 0) is 29.6 Å². The molecule has 1 aromatic carbocycles. The van der Waals surface area contributed by atoms with Gasteiger partial charge < -0.3 is 9.30 Å². The third kappa shape index (κ3) is 3.90. The Hall–Kier alpha value is -2.22. The van der Waals surface area contributed by atoms with Crippen molar-refractivity contribution in [3.05, 3.63) is 57.1 Å². The van der Waals surface area contributed by atoms with Gasteiger partial charge in [-0.1, -0.05) is 17.7 Å². The number of rotatable bonds is 5. The molecular weight excluding hydrogens is 402 g/mol. The number of hydrogen-bond donors (Lipinski definition) is 0. The molecule has 0 aliphatic rings. The van der Waals surface area contributed by atoms with Crippen molar-refractivity contribution in [1.29, 1.82) is 0 Å². The van der Waals surface area contributed by atoms with Gasteiger partial charge in [-0.2, -0.15) is 0 Å². The van der Waals surface area contributed by atoms with E-state index < -0.39 is 0 Å². The summed E-state index contributed by atoms with van der Waals surface area (Å²) in [6.07, 6.45) is 1.99. The number of imidazole rings is 1. The summed E-state index contributed by atoms with van der Waals surface area (Å²) in [6, 6.07) is 9.68. The second-order valence-corrected chi connectivity index (χ2v) is 8.95. The van der Waals surface area contributed by atoms with Gasteiger partial charge in [0.2, 0.25) is 0 Å². The number of thiophene rings is 1. The molecule has 0 radical (unpaired) electrons. The molecule has 5 nitrogen and oxygen atoms in total. The van der Waals surface area contributed by atoms with Crippen LogP contribution in [0.15, 0.2) is 36.7 Å². The lowest BCUT2D eigenvalue weighted by Crippen LogP contribution is -2.07. The summed E-state index contributed by atoms with van der Waals surface area (Å²) in [5.74, 6) is -0.265. The van der Waals surface area contributed by atoms with Crippen molar-refractivity contribution in [1.82, 2.24) is 14.5 Å². The molecule has 27 heavy (non-hydrogen) atoms. The van der Waals surface area contributed by atoms with E-state index in [1.807, 2.05) is 48.9 Å². The quantitative estimate of drug-likeness (QED) is 0.428. The fourth-order valence-electron chi connectivity index (χ4n) is 2.74. The van der Waals surface area contributed by atoms with E-state index in [1.165, 1.54) is 22.7 Å². The third-order valence-electron chi connectivity index (χ3n) is 4.17. The molecule has 138 valence electrons. The molecule has 0 aliphatic carbocycles. The van der Waals surface area contributed by atoms with Gasteiger partial charge in [-0.25, -0.2) is 9.97 Å². The van der Waals surface area contributed by atoms with Crippen molar-refractivity contribution in [2.75, 3.05) is 0 Å². The summed E-state index contributed by atoms with van der Waals surface area (Å²) >= 11 is 8.98. The maximum atomic E-state index is 12.3. The topological polar surface area (TPSA) is 57.0 Å². The van der Waals surface area contributed by atoms with Gasteiger partial charge in [-0.05, 0) is 36.8 Å². The molecule has 0 atom stereocenters. The number of esters is 1. The Morgan fingerprint density at radius 3 is 2.89 bits per heavy atom. The molecule has 0 saturated heterocycles. The van der Waals surface area contributed by atoms with Crippen molar-refractivity contribution in [3.63, 3.8) is 0 Å². The number of nitrogens with zero attached hydrogens (tertiary/aromatic N) is 3. The van der Waals surface area contributed by atoms with E-state index in [1.54, 1.807) is 6.33 Å². The normalized spacial score (nSPS) is 11.2. The minimum absolute atomic E-state index is 0.217. The summed E-state index contributed by atoms with van der Waals surface area (Å²) in [5.41, 5.74) is 3.71. The molecule has 0 saturated carbocycles. The summed E-state index contributed by atoms with van der Waals surface area (Å²) in [5, 5.41) is 0.882. The monoisotopic (exact) mass is 417 g/mol. The highest BCUT2D eigenvalue weighted by Crippen LogP contribution is 2.35. The zero-order chi connectivity index (χ0) is 19.0. The lowest BCUT2D eigenvalue weighted by atomic mass is 10.2. The highest BCUT2D eigenvalue weighted by molar-refractivity contribution is 7.23. The largest absolute Gasteiger partial charge is 0.461 e. The Labute approximate surface area is 169 Å². The second-order valence-electron chi connectivity index (χ2n) is 6.15. The van der Waals surface area contributed by atoms with Crippen LogP contribution in [0.1, 0.15) is 16.1 Å². The molecule has 8 heteroatoms. The van der Waals surface area contributed by atoms with Crippen molar-refractivity contribution in [2.24, 2.45) is 7.05 Å². The van der Waals surface area contributed by atoms with Gasteiger partial charge in [0.15, 0.2) is 0 Å². The number of carbonyl (C=O) groups excluding carboxylic acids is 1. The van der Waals surface area contributed by atoms with Crippen molar-refractivity contribution >= 4 is 51.3 Å². The fraction of sp³-hybridized carbons (Fsp3) is 0.211. The van der Waals surface area contributed by atoms with Crippen LogP contribution >= 0.6 is 34.3 Å². The number of aromatic nitrogens is 3. The molecule has 3 heterocycles. The van der Waals surface area contributed by atoms with Crippen LogP contribution in [-0.4, -0.2) is 20.5 Å². The molecule has 0 fully saturated rings. The van der Waals surface area contributed by atoms with Crippen LogP contribution in [0.3, 0.4) is 0 Å². The Bertz CT molecular complexity index is 1130. The van der Waals surface area contributed by atoms with Crippen molar-refractivity contribution in [3.8, 4) is 9.88 Å². The Kier molecular flexibility index (Phi) is 4.99. The summed E-state index contributed by atoms with van der Waals surface area (Å²) in [6.45, 7) is 2.14. The number of hydrogen-bond acceptors (Lipinski definition) is 6. The fourth-order valence-corrected chi connectivity index (χ4v) is 4.89. The molecule has 4 aromatic rings. The highest BCUT2D eigenvalue weighted by atomic mass is 35.5. The van der Waals surface area contributed by atoms with E-state index in [0.717, 1.165) is 41.4 Å². The zero-order valence-corrected chi connectivity index (χ0v) is 17.1. The lowest BCUT2D eigenvalue weighted by Gasteiger charge is -2.05. The minimum atomic E-state index is -0.265. The third-order valence-corrected chi connectivity index (χ3v) is 6.73. The molecule has 4 rings (SSSR count). The maximum absolute atomic E-state index is 12.3. The first-order valence-electron chi connectivity index (χ1n) is 8.27. The summed E-state index contributed by atoms with van der Waals surface area (Å²) in [4.78, 5) is 23.1. The van der Waals surface area contributed by atoms with E-state index in [-0.39, 0.29) is 19.0 Å². The highest BCUT2D eigenvalue weighted by Gasteiger charge is 2.15. The average molecular weight is 418 g/mol. The molecule has 0 N–H and O–H groups in total. The number of aryl methyl sites for hydroxylation is 2. The maximum Gasteiger partial charge on any atom is 0.311 e. The smallest absolute Gasteiger partial charge is 0.311 e. The molecule has 0 bridgehead atoms. The van der Waals surface area contributed by atoms with Crippen LogP contribution in [0, 0.1) is 6.92 Å². The standard InChI is InChI=1S/C19H16ClN3O2S2/c1-11-16(27-19(22-11)15-5-6-17(20)26-15)8-18(24)25-9-12-3-4-14-13(7-12)21-10-23(14)2/h3-7,10H,8-9H2,1-2H3. The van der Waals surface area contributed by atoms with Crippen LogP contribution in [0.5, 0.6) is 0 Å². The van der Waals surface area contributed by atoms with Crippen LogP contribution < -0.4 is 0 Å². The molecular formula is C19H16ClN3O2S2. The number of carbonyl (C=O) groups is 1. The Balaban J connectivity index is 1.41. The Morgan fingerprint density at radius 1 is 1.26 bits per heavy atom. The number of ether oxygens (including phenoxy) is 1. The van der Waals surface area contributed by atoms with Gasteiger partial charge >= 0.3 is 5.97 Å². The van der Waals surface area contributed by atoms with Gasteiger partial charge in [0.25, 0.3) is 0 Å². The van der Waals surface area contributed by atoms with Crippen LogP contribution in [0.25, 0.3) is 20.9 Å². The predicted molar refractivity (Wildman–Crippen MR) is 109 cm³/mol. The first kappa shape index (κ1) is 18.2. The molecule has 3 aromatic heterocycles.